The summed E-state index contributed by atoms with van der Waals surface area (Å²) in [5.41, 5.74) is 2.72. The van der Waals surface area contributed by atoms with E-state index in [1.54, 1.807) is 7.11 Å². The van der Waals surface area contributed by atoms with E-state index in [-0.39, 0.29) is 0 Å². The van der Waals surface area contributed by atoms with Gasteiger partial charge in [0.15, 0.2) is 0 Å². The largest absolute Gasteiger partial charge is 0.497 e. The van der Waals surface area contributed by atoms with Crippen molar-refractivity contribution in [3.8, 4) is 5.75 Å². The van der Waals surface area contributed by atoms with Crippen molar-refractivity contribution in [3.63, 3.8) is 0 Å². The van der Waals surface area contributed by atoms with E-state index in [9.17, 15) is 0 Å². The average Bonchev–Trinajstić information content (AvgIpc) is 2.56. The molecule has 0 bridgehead atoms. The molecule has 0 amide bonds. The Morgan fingerprint density at radius 2 is 1.73 bits per heavy atom. The Kier molecular flexibility index (Phi) is 6.69. The van der Waals surface area contributed by atoms with Gasteiger partial charge in [-0.3, -0.25) is 4.99 Å². The molecule has 0 spiro atoms. The summed E-state index contributed by atoms with van der Waals surface area (Å²) in [7, 11) is 1.69. The lowest BCUT2D eigenvalue weighted by atomic mass is 10.0. The Hall–Kier alpha value is -2.09. The van der Waals surface area contributed by atoms with Crippen molar-refractivity contribution < 1.29 is 4.74 Å². The summed E-state index contributed by atoms with van der Waals surface area (Å²) in [5, 5.41) is 0. The van der Waals surface area contributed by atoms with Gasteiger partial charge >= 0.3 is 0 Å². The second kappa shape index (κ2) is 9.04. The van der Waals surface area contributed by atoms with Crippen LogP contribution >= 0.6 is 0 Å². The van der Waals surface area contributed by atoms with Crippen molar-refractivity contribution in [1.29, 1.82) is 0 Å². The lowest BCUT2D eigenvalue weighted by molar-refractivity contribution is 0.414. The van der Waals surface area contributed by atoms with Crippen LogP contribution in [0.25, 0.3) is 0 Å². The monoisotopic (exact) mass is 295 g/mol. The van der Waals surface area contributed by atoms with Crippen molar-refractivity contribution >= 4 is 6.21 Å². The number of rotatable bonds is 8. The number of methoxy groups -OCH3 is 1. The van der Waals surface area contributed by atoms with Gasteiger partial charge in [-0.1, -0.05) is 49.4 Å². The van der Waals surface area contributed by atoms with E-state index in [4.69, 9.17) is 4.74 Å². The number of nitrogens with zero attached hydrogens (tertiary/aromatic N) is 1. The first kappa shape index (κ1) is 16.3. The first-order valence-corrected chi connectivity index (χ1v) is 7.94. The Balaban J connectivity index is 1.66. The molecule has 22 heavy (non-hydrogen) atoms. The molecule has 116 valence electrons. The van der Waals surface area contributed by atoms with E-state index >= 15 is 0 Å². The zero-order chi connectivity index (χ0) is 15.6. The lowest BCUT2D eigenvalue weighted by Gasteiger charge is -2.05. The van der Waals surface area contributed by atoms with Gasteiger partial charge in [-0.15, -0.1) is 0 Å². The molecule has 0 saturated carbocycles. The van der Waals surface area contributed by atoms with E-state index in [1.165, 1.54) is 11.1 Å². The molecule has 0 aliphatic heterocycles. The van der Waals surface area contributed by atoms with Crippen LogP contribution in [0.1, 0.15) is 24.5 Å². The fraction of sp³-hybridized carbons (Fsp3) is 0.350. The van der Waals surface area contributed by atoms with Crippen LogP contribution in [0.15, 0.2) is 59.6 Å². The van der Waals surface area contributed by atoms with Gasteiger partial charge in [-0.25, -0.2) is 0 Å². The van der Waals surface area contributed by atoms with Crippen molar-refractivity contribution in [2.75, 3.05) is 13.7 Å². The van der Waals surface area contributed by atoms with Crippen LogP contribution in [0.2, 0.25) is 0 Å². The SMILES string of the molecule is COc1ccc(CCCN=CC(C)Cc2ccccc2)cc1. The Morgan fingerprint density at radius 3 is 2.41 bits per heavy atom. The maximum absolute atomic E-state index is 5.16. The number of benzene rings is 2. The van der Waals surface area contributed by atoms with Crippen LogP contribution in [0, 0.1) is 5.92 Å². The van der Waals surface area contributed by atoms with Gasteiger partial charge in [0.1, 0.15) is 5.75 Å². The standard InChI is InChI=1S/C20H25NO/c1-17(15-19-7-4-3-5-8-19)16-21-14-6-9-18-10-12-20(22-2)13-11-18/h3-5,7-8,10-13,16-17H,6,9,14-15H2,1-2H3. The van der Waals surface area contributed by atoms with Crippen molar-refractivity contribution in [2.45, 2.75) is 26.2 Å². The van der Waals surface area contributed by atoms with E-state index in [0.717, 1.165) is 31.6 Å². The molecule has 1 unspecified atom stereocenters. The normalized spacial score (nSPS) is 12.5. The summed E-state index contributed by atoms with van der Waals surface area (Å²) in [4.78, 5) is 4.57. The van der Waals surface area contributed by atoms with Gasteiger partial charge in [-0.2, -0.15) is 0 Å². The van der Waals surface area contributed by atoms with Crippen LogP contribution < -0.4 is 4.74 Å². The quantitative estimate of drug-likeness (QED) is 0.516. The molecule has 2 aromatic carbocycles. The highest BCUT2D eigenvalue weighted by Crippen LogP contribution is 2.12. The van der Waals surface area contributed by atoms with Crippen molar-refractivity contribution in [3.05, 3.63) is 65.7 Å². The molecule has 2 nitrogen and oxygen atoms in total. The van der Waals surface area contributed by atoms with E-state index in [1.807, 2.05) is 12.1 Å². The second-order valence-corrected chi connectivity index (χ2v) is 5.67. The maximum Gasteiger partial charge on any atom is 0.118 e. The van der Waals surface area contributed by atoms with Crippen LogP contribution in [0.4, 0.5) is 0 Å². The molecule has 1 atom stereocenters. The van der Waals surface area contributed by atoms with E-state index in [0.29, 0.717) is 5.92 Å². The highest BCUT2D eigenvalue weighted by molar-refractivity contribution is 5.60. The van der Waals surface area contributed by atoms with Crippen LogP contribution in [-0.2, 0) is 12.8 Å². The van der Waals surface area contributed by atoms with Gasteiger partial charge in [-0.05, 0) is 48.4 Å². The third-order valence-corrected chi connectivity index (χ3v) is 3.67. The summed E-state index contributed by atoms with van der Waals surface area (Å²) in [6.07, 6.45) is 5.30. The second-order valence-electron chi connectivity index (χ2n) is 5.67. The van der Waals surface area contributed by atoms with Gasteiger partial charge in [0.05, 0.1) is 7.11 Å². The molecule has 0 aliphatic carbocycles. The van der Waals surface area contributed by atoms with Gasteiger partial charge in [0, 0.05) is 12.8 Å². The topological polar surface area (TPSA) is 21.6 Å². The van der Waals surface area contributed by atoms with Gasteiger partial charge in [0.25, 0.3) is 0 Å². The molecule has 0 heterocycles. The third kappa shape index (κ3) is 5.72. The molecule has 0 saturated heterocycles. The summed E-state index contributed by atoms with van der Waals surface area (Å²) in [5.74, 6) is 1.40. The molecular weight excluding hydrogens is 270 g/mol. The lowest BCUT2D eigenvalue weighted by Crippen LogP contribution is -2.01. The third-order valence-electron chi connectivity index (χ3n) is 3.67. The number of aliphatic imine (C=N–C) groups is 1. The highest BCUT2D eigenvalue weighted by Gasteiger charge is 1.99. The van der Waals surface area contributed by atoms with Crippen LogP contribution in [0.5, 0.6) is 5.75 Å². The highest BCUT2D eigenvalue weighted by atomic mass is 16.5. The molecule has 2 aromatic rings. The molecule has 2 rings (SSSR count). The Bertz CT molecular complexity index is 560. The molecule has 0 N–H and O–H groups in total. The van der Waals surface area contributed by atoms with Crippen LogP contribution in [0.3, 0.4) is 0 Å². The van der Waals surface area contributed by atoms with Crippen molar-refractivity contribution in [2.24, 2.45) is 10.9 Å². The predicted molar refractivity (Wildman–Crippen MR) is 94.0 cm³/mol. The fourth-order valence-corrected chi connectivity index (χ4v) is 2.46. The molecular formula is C20H25NO. The average molecular weight is 295 g/mol. The zero-order valence-corrected chi connectivity index (χ0v) is 13.5. The maximum atomic E-state index is 5.16. The van der Waals surface area contributed by atoms with Gasteiger partial charge < -0.3 is 4.74 Å². The minimum absolute atomic E-state index is 0.489. The molecule has 0 radical (unpaired) electrons. The van der Waals surface area contributed by atoms with Crippen LogP contribution in [-0.4, -0.2) is 19.9 Å². The molecule has 0 aromatic heterocycles. The van der Waals surface area contributed by atoms with E-state index in [2.05, 4.69) is 60.6 Å². The smallest absolute Gasteiger partial charge is 0.118 e. The minimum atomic E-state index is 0.489. The number of aryl methyl sites for hydroxylation is 1. The summed E-state index contributed by atoms with van der Waals surface area (Å²) >= 11 is 0. The van der Waals surface area contributed by atoms with Gasteiger partial charge in [0.2, 0.25) is 0 Å². The zero-order valence-electron chi connectivity index (χ0n) is 13.5. The van der Waals surface area contributed by atoms with Crippen molar-refractivity contribution in [1.82, 2.24) is 0 Å². The Labute approximate surface area is 133 Å². The Morgan fingerprint density at radius 1 is 1.00 bits per heavy atom. The summed E-state index contributed by atoms with van der Waals surface area (Å²) in [6.45, 7) is 3.12. The van der Waals surface area contributed by atoms with E-state index < -0.39 is 0 Å². The molecule has 0 aliphatic rings. The molecule has 2 heteroatoms. The minimum Gasteiger partial charge on any atom is -0.497 e. The first-order valence-electron chi connectivity index (χ1n) is 7.94. The number of hydrogen-bond donors (Lipinski definition) is 0. The fourth-order valence-electron chi connectivity index (χ4n) is 2.46. The summed E-state index contributed by atoms with van der Waals surface area (Å²) < 4.78 is 5.16. The summed E-state index contributed by atoms with van der Waals surface area (Å²) in [6, 6.07) is 18.9. The first-order chi connectivity index (χ1) is 10.8. The predicted octanol–water partition coefficient (Wildman–Crippen LogP) is 4.58. The number of ether oxygens (including phenoxy) is 1. The molecule has 0 fully saturated rings. The number of hydrogen-bond acceptors (Lipinski definition) is 2.